The van der Waals surface area contributed by atoms with Crippen molar-refractivity contribution < 1.29 is 23.5 Å². The van der Waals surface area contributed by atoms with Crippen LogP contribution in [-0.4, -0.2) is 22.1 Å². The van der Waals surface area contributed by atoms with Gasteiger partial charge in [-0.05, 0) is 54.7 Å². The molecule has 1 aromatic heterocycles. The fraction of sp³-hybridized carbons (Fsp3) is 0.238. The number of fused-ring (bicyclic) bond motifs is 1. The Bertz CT molecular complexity index is 991. The lowest BCUT2D eigenvalue weighted by atomic mass is 9.81. The van der Waals surface area contributed by atoms with Gasteiger partial charge in [-0.15, -0.1) is 10.2 Å². The number of hydrogen-bond donors (Lipinski definition) is 0. The molecule has 0 amide bonds. The van der Waals surface area contributed by atoms with Gasteiger partial charge in [-0.2, -0.15) is 9.59 Å². The predicted molar refractivity (Wildman–Crippen MR) is 96.8 cm³/mol. The Morgan fingerprint density at radius 2 is 1.82 bits per heavy atom. The van der Waals surface area contributed by atoms with Crippen molar-refractivity contribution in [1.29, 1.82) is 0 Å². The van der Waals surface area contributed by atoms with Gasteiger partial charge >= 0.3 is 6.15 Å². The fourth-order valence-corrected chi connectivity index (χ4v) is 3.21. The van der Waals surface area contributed by atoms with Crippen LogP contribution in [0.4, 0.5) is 0 Å². The minimum absolute atomic E-state index is 0.0594. The van der Waals surface area contributed by atoms with Crippen LogP contribution in [0.3, 0.4) is 0 Å². The summed E-state index contributed by atoms with van der Waals surface area (Å²) >= 11 is 0. The first kappa shape index (κ1) is 19.2. The molecular formula is C21H18N2O5. The number of Topliss-reactive ketones (excluding diaryl/α,β-unsaturated/α-hetero) is 1. The van der Waals surface area contributed by atoms with E-state index in [4.69, 9.17) is 18.7 Å². The largest absolute Gasteiger partial charge is 0.457 e. The Kier molecular flexibility index (Phi) is 6.09. The van der Waals surface area contributed by atoms with Gasteiger partial charge in [-0.25, -0.2) is 0 Å². The van der Waals surface area contributed by atoms with Gasteiger partial charge in [0.25, 0.3) is 5.89 Å². The Labute approximate surface area is 161 Å². The molecule has 1 aliphatic rings. The normalized spacial score (nSPS) is 14.8. The summed E-state index contributed by atoms with van der Waals surface area (Å²) in [6.07, 6.45) is 2.56. The van der Waals surface area contributed by atoms with E-state index in [1.165, 1.54) is 11.1 Å². The SMILES string of the molecule is Cc1nnc(C(=O)C2CCc3cc(Oc4ccccc4)ccc3C2)o1.O=C=O. The second kappa shape index (κ2) is 8.88. The molecule has 0 saturated heterocycles. The zero-order valence-corrected chi connectivity index (χ0v) is 15.3. The highest BCUT2D eigenvalue weighted by Gasteiger charge is 2.29. The summed E-state index contributed by atoms with van der Waals surface area (Å²) in [5.74, 6) is 2.02. The first-order valence-electron chi connectivity index (χ1n) is 8.79. The number of carbonyl (C=O) groups is 1. The first-order chi connectivity index (χ1) is 13.6. The average molecular weight is 378 g/mol. The lowest BCUT2D eigenvalue weighted by Crippen LogP contribution is -2.23. The van der Waals surface area contributed by atoms with Gasteiger partial charge in [0.05, 0.1) is 0 Å². The highest BCUT2D eigenvalue weighted by atomic mass is 16.5. The molecule has 3 aromatic rings. The third kappa shape index (κ3) is 4.58. The number of benzene rings is 2. The van der Waals surface area contributed by atoms with Crippen LogP contribution in [0.25, 0.3) is 0 Å². The topological polar surface area (TPSA) is 99.4 Å². The van der Waals surface area contributed by atoms with Crippen molar-refractivity contribution in [2.24, 2.45) is 5.92 Å². The Balaban J connectivity index is 0.000000706. The lowest BCUT2D eigenvalue weighted by molar-refractivity contribution is -0.191. The summed E-state index contributed by atoms with van der Waals surface area (Å²) < 4.78 is 11.2. The molecule has 0 spiro atoms. The van der Waals surface area contributed by atoms with Crippen LogP contribution < -0.4 is 4.74 Å². The number of nitrogens with zero attached hydrogens (tertiary/aromatic N) is 2. The fourth-order valence-electron chi connectivity index (χ4n) is 3.21. The van der Waals surface area contributed by atoms with Crippen molar-refractivity contribution in [2.75, 3.05) is 0 Å². The molecule has 0 radical (unpaired) electrons. The van der Waals surface area contributed by atoms with Crippen molar-refractivity contribution in [1.82, 2.24) is 10.2 Å². The predicted octanol–water partition coefficient (Wildman–Crippen LogP) is 3.57. The summed E-state index contributed by atoms with van der Waals surface area (Å²) in [5, 5.41) is 7.60. The van der Waals surface area contributed by atoms with Crippen molar-refractivity contribution in [3.8, 4) is 11.5 Å². The number of hydrogen-bond acceptors (Lipinski definition) is 7. The van der Waals surface area contributed by atoms with Gasteiger partial charge in [0.2, 0.25) is 11.7 Å². The van der Waals surface area contributed by atoms with Gasteiger partial charge in [-0.1, -0.05) is 24.3 Å². The van der Waals surface area contributed by atoms with Gasteiger partial charge in [0.15, 0.2) is 0 Å². The summed E-state index contributed by atoms with van der Waals surface area (Å²) in [5.41, 5.74) is 2.42. The van der Waals surface area contributed by atoms with E-state index in [2.05, 4.69) is 16.3 Å². The van der Waals surface area contributed by atoms with E-state index in [-0.39, 0.29) is 23.7 Å². The lowest BCUT2D eigenvalue weighted by Gasteiger charge is -2.23. The number of ketones is 1. The van der Waals surface area contributed by atoms with Crippen molar-refractivity contribution >= 4 is 11.9 Å². The Morgan fingerprint density at radius 1 is 1.07 bits per heavy atom. The van der Waals surface area contributed by atoms with E-state index >= 15 is 0 Å². The molecule has 28 heavy (non-hydrogen) atoms. The van der Waals surface area contributed by atoms with Crippen LogP contribution in [0.15, 0.2) is 52.9 Å². The molecule has 142 valence electrons. The monoisotopic (exact) mass is 378 g/mol. The van der Waals surface area contributed by atoms with Crippen LogP contribution in [0, 0.1) is 12.8 Å². The standard InChI is InChI=1S/C20H18N2O3.CO2/c1-13-21-22-20(24-13)19(23)16-8-7-15-12-18(10-9-14(15)11-16)25-17-5-3-2-4-6-17;2-1-3/h2-6,9-10,12,16H,7-8,11H2,1H3;. The number of rotatable bonds is 4. The second-order valence-corrected chi connectivity index (χ2v) is 6.36. The highest BCUT2D eigenvalue weighted by Crippen LogP contribution is 2.31. The molecule has 0 saturated carbocycles. The molecule has 7 nitrogen and oxygen atoms in total. The molecule has 1 atom stereocenters. The summed E-state index contributed by atoms with van der Waals surface area (Å²) in [4.78, 5) is 28.8. The Hall–Kier alpha value is -3.57. The number of para-hydroxylation sites is 1. The number of aromatic nitrogens is 2. The molecule has 0 fully saturated rings. The second-order valence-electron chi connectivity index (χ2n) is 6.36. The van der Waals surface area contributed by atoms with Crippen LogP contribution >= 0.6 is 0 Å². The quantitative estimate of drug-likeness (QED) is 0.640. The van der Waals surface area contributed by atoms with Gasteiger partial charge in [0, 0.05) is 12.8 Å². The molecule has 2 aromatic carbocycles. The van der Waals surface area contributed by atoms with Crippen LogP contribution in [-0.2, 0) is 22.4 Å². The van der Waals surface area contributed by atoms with Crippen molar-refractivity contribution in [3.05, 3.63) is 71.4 Å². The number of ether oxygens (including phenoxy) is 1. The highest BCUT2D eigenvalue weighted by molar-refractivity contribution is 5.93. The molecule has 1 heterocycles. The number of carbonyl (C=O) groups excluding carboxylic acids is 3. The zero-order valence-electron chi connectivity index (χ0n) is 15.3. The molecule has 4 rings (SSSR count). The molecule has 1 unspecified atom stereocenters. The van der Waals surface area contributed by atoms with Crippen molar-refractivity contribution in [3.63, 3.8) is 0 Å². The van der Waals surface area contributed by atoms with Crippen molar-refractivity contribution in [2.45, 2.75) is 26.2 Å². The van der Waals surface area contributed by atoms with E-state index in [9.17, 15) is 4.79 Å². The molecular weight excluding hydrogens is 360 g/mol. The van der Waals surface area contributed by atoms with Crippen LogP contribution in [0.1, 0.15) is 34.1 Å². The minimum Gasteiger partial charge on any atom is -0.457 e. The van der Waals surface area contributed by atoms with E-state index in [1.54, 1.807) is 6.92 Å². The first-order valence-corrected chi connectivity index (χ1v) is 8.79. The Morgan fingerprint density at radius 3 is 2.50 bits per heavy atom. The maximum Gasteiger partial charge on any atom is 0.373 e. The third-order valence-electron chi connectivity index (χ3n) is 4.49. The molecule has 7 heteroatoms. The minimum atomic E-state index is -0.103. The van der Waals surface area contributed by atoms with Gasteiger partial charge in [-0.3, -0.25) is 4.79 Å². The van der Waals surface area contributed by atoms with E-state index < -0.39 is 0 Å². The van der Waals surface area contributed by atoms with Crippen LogP contribution in [0.2, 0.25) is 0 Å². The van der Waals surface area contributed by atoms with E-state index in [0.717, 1.165) is 24.3 Å². The van der Waals surface area contributed by atoms with E-state index in [1.807, 2.05) is 42.5 Å². The third-order valence-corrected chi connectivity index (χ3v) is 4.49. The van der Waals surface area contributed by atoms with Gasteiger partial charge < -0.3 is 9.15 Å². The van der Waals surface area contributed by atoms with E-state index in [0.29, 0.717) is 12.3 Å². The van der Waals surface area contributed by atoms with Gasteiger partial charge in [0.1, 0.15) is 11.5 Å². The average Bonchev–Trinajstić information content (AvgIpc) is 3.15. The number of aryl methyl sites for hydroxylation is 2. The molecule has 1 aliphatic carbocycles. The molecule has 0 bridgehead atoms. The molecule has 0 aliphatic heterocycles. The summed E-state index contributed by atoms with van der Waals surface area (Å²) in [7, 11) is 0. The zero-order chi connectivity index (χ0) is 19.9. The molecule has 0 N–H and O–H groups in total. The maximum atomic E-state index is 12.5. The maximum absolute atomic E-state index is 12.5. The summed E-state index contributed by atoms with van der Waals surface area (Å²) in [6, 6.07) is 15.8. The smallest absolute Gasteiger partial charge is 0.373 e. The summed E-state index contributed by atoms with van der Waals surface area (Å²) in [6.45, 7) is 1.69. The van der Waals surface area contributed by atoms with Crippen LogP contribution in [0.5, 0.6) is 11.5 Å².